The van der Waals surface area contributed by atoms with Crippen molar-refractivity contribution in [3.8, 4) is 11.5 Å². The van der Waals surface area contributed by atoms with Crippen molar-refractivity contribution >= 4 is 17.8 Å². The lowest BCUT2D eigenvalue weighted by atomic mass is 9.77. The molecule has 0 aromatic heterocycles. The fourth-order valence-corrected chi connectivity index (χ4v) is 6.54. The number of carbonyl (C=O) groups excluding carboxylic acids is 3. The standard InChI is InChI=1S/C29H37NO10/c1-27(2,34)8-5-9-29(35,15-23(32)37-4)26(33)40-25-21(36-3)14-28-10-6-22(31)30(28)11-7-17-12-19-20(39-16-38-19)13-18(17)24(25)28/h12-14,24-25,34-35H,5-11,15-16H2,1-4H3/t24-,25+,28-,29+/m0/s1. The summed E-state index contributed by atoms with van der Waals surface area (Å²) in [6, 6.07) is 3.79. The lowest BCUT2D eigenvalue weighted by Crippen LogP contribution is -2.50. The van der Waals surface area contributed by atoms with Crippen LogP contribution in [-0.2, 0) is 35.0 Å². The third kappa shape index (κ3) is 4.89. The van der Waals surface area contributed by atoms with E-state index in [4.69, 9.17) is 23.7 Å². The number of esters is 2. The molecule has 4 atom stereocenters. The van der Waals surface area contributed by atoms with Gasteiger partial charge in [-0.2, -0.15) is 0 Å². The molecular formula is C29H37NO10. The molecule has 1 aromatic rings. The Morgan fingerprint density at radius 1 is 1.12 bits per heavy atom. The third-order valence-electron chi connectivity index (χ3n) is 8.52. The number of hydrogen-bond donors (Lipinski definition) is 2. The van der Waals surface area contributed by atoms with E-state index in [0.29, 0.717) is 49.5 Å². The number of amides is 1. The molecule has 218 valence electrons. The topological polar surface area (TPSA) is 141 Å². The Hall–Kier alpha value is -3.31. The van der Waals surface area contributed by atoms with Crippen molar-refractivity contribution in [3.05, 3.63) is 35.1 Å². The van der Waals surface area contributed by atoms with Gasteiger partial charge in [0, 0.05) is 13.0 Å². The number of methoxy groups -OCH3 is 2. The fourth-order valence-electron chi connectivity index (χ4n) is 6.54. The van der Waals surface area contributed by atoms with Gasteiger partial charge < -0.3 is 38.8 Å². The summed E-state index contributed by atoms with van der Waals surface area (Å²) in [7, 11) is 2.65. The van der Waals surface area contributed by atoms with Gasteiger partial charge in [-0.3, -0.25) is 9.59 Å². The highest BCUT2D eigenvalue weighted by Gasteiger charge is 2.61. The summed E-state index contributed by atoms with van der Waals surface area (Å²) in [6.07, 6.45) is 2.12. The maximum atomic E-state index is 13.8. The number of carbonyl (C=O) groups is 3. The van der Waals surface area contributed by atoms with Crippen LogP contribution in [0.4, 0.5) is 0 Å². The van der Waals surface area contributed by atoms with Crippen LogP contribution >= 0.6 is 0 Å². The molecular weight excluding hydrogens is 522 g/mol. The number of benzene rings is 1. The van der Waals surface area contributed by atoms with E-state index in [9.17, 15) is 24.6 Å². The first-order valence-corrected chi connectivity index (χ1v) is 13.6. The normalized spacial score (nSPS) is 26.2. The smallest absolute Gasteiger partial charge is 0.339 e. The predicted octanol–water partition coefficient (Wildman–Crippen LogP) is 2.11. The molecule has 1 aromatic carbocycles. The van der Waals surface area contributed by atoms with Crippen molar-refractivity contribution in [1.29, 1.82) is 0 Å². The summed E-state index contributed by atoms with van der Waals surface area (Å²) in [4.78, 5) is 40.9. The molecule has 11 nitrogen and oxygen atoms in total. The lowest BCUT2D eigenvalue weighted by Gasteiger charge is -2.39. The van der Waals surface area contributed by atoms with E-state index in [0.717, 1.165) is 11.1 Å². The van der Waals surface area contributed by atoms with Crippen LogP contribution in [0, 0.1) is 0 Å². The van der Waals surface area contributed by atoms with Crippen LogP contribution in [0.2, 0.25) is 0 Å². The van der Waals surface area contributed by atoms with Crippen LogP contribution in [0.5, 0.6) is 11.5 Å². The second-order valence-corrected chi connectivity index (χ2v) is 11.7. The fraction of sp³-hybridized carbons (Fsp3) is 0.621. The number of fused-ring (bicyclic) bond motifs is 3. The van der Waals surface area contributed by atoms with Crippen LogP contribution in [0.1, 0.15) is 69.4 Å². The summed E-state index contributed by atoms with van der Waals surface area (Å²) in [5.74, 6) is -0.757. The average molecular weight is 560 g/mol. The second-order valence-electron chi connectivity index (χ2n) is 11.7. The van der Waals surface area contributed by atoms with Crippen LogP contribution < -0.4 is 9.47 Å². The largest absolute Gasteiger partial charge is 0.497 e. The molecule has 1 saturated heterocycles. The van der Waals surface area contributed by atoms with Crippen LogP contribution in [0.3, 0.4) is 0 Å². The molecule has 1 amide bonds. The Balaban J connectivity index is 1.53. The molecule has 5 rings (SSSR count). The van der Waals surface area contributed by atoms with E-state index >= 15 is 0 Å². The van der Waals surface area contributed by atoms with Gasteiger partial charge >= 0.3 is 11.9 Å². The quantitative estimate of drug-likeness (QED) is 0.432. The number of aliphatic hydroxyl groups is 2. The van der Waals surface area contributed by atoms with E-state index in [1.54, 1.807) is 13.8 Å². The third-order valence-corrected chi connectivity index (χ3v) is 8.52. The molecule has 1 aliphatic carbocycles. The molecule has 0 saturated carbocycles. The highest BCUT2D eigenvalue weighted by molar-refractivity contribution is 5.86. The molecule has 3 aliphatic heterocycles. The van der Waals surface area contributed by atoms with Crippen molar-refractivity contribution in [3.63, 3.8) is 0 Å². The van der Waals surface area contributed by atoms with Crippen molar-refractivity contribution in [2.45, 2.75) is 87.6 Å². The maximum absolute atomic E-state index is 13.8. The molecule has 3 heterocycles. The number of rotatable bonds is 9. The van der Waals surface area contributed by atoms with E-state index in [-0.39, 0.29) is 25.5 Å². The van der Waals surface area contributed by atoms with Gasteiger partial charge in [-0.1, -0.05) is 0 Å². The van der Waals surface area contributed by atoms with Gasteiger partial charge in [-0.05, 0) is 75.3 Å². The minimum atomic E-state index is -2.19. The minimum absolute atomic E-state index is 0.00495. The molecule has 0 bridgehead atoms. The first-order chi connectivity index (χ1) is 18.9. The lowest BCUT2D eigenvalue weighted by molar-refractivity contribution is -0.178. The summed E-state index contributed by atoms with van der Waals surface area (Å²) in [6.45, 7) is 3.83. The summed E-state index contributed by atoms with van der Waals surface area (Å²) in [5.41, 5.74) is -2.22. The molecule has 2 N–H and O–H groups in total. The monoisotopic (exact) mass is 559 g/mol. The highest BCUT2D eigenvalue weighted by Crippen LogP contribution is 2.56. The molecule has 11 heteroatoms. The Bertz CT molecular complexity index is 1240. The van der Waals surface area contributed by atoms with E-state index < -0.39 is 47.1 Å². The van der Waals surface area contributed by atoms with Crippen molar-refractivity contribution in [1.82, 2.24) is 4.90 Å². The molecule has 4 aliphatic rings. The SMILES string of the molecule is COC(=O)C[C@](O)(CCCC(C)(C)O)C(=O)O[C@@H]1C(OC)=C[C@]23CCC(=O)N2CCc2cc4c(cc2[C@@H]13)OCO4. The van der Waals surface area contributed by atoms with Gasteiger partial charge in [0.05, 0.1) is 37.7 Å². The summed E-state index contributed by atoms with van der Waals surface area (Å²) in [5, 5.41) is 21.6. The van der Waals surface area contributed by atoms with Gasteiger partial charge in [-0.25, -0.2) is 4.79 Å². The molecule has 40 heavy (non-hydrogen) atoms. The van der Waals surface area contributed by atoms with Gasteiger partial charge in [0.15, 0.2) is 23.2 Å². The van der Waals surface area contributed by atoms with Crippen LogP contribution in [0.25, 0.3) is 0 Å². The Kier molecular flexibility index (Phi) is 7.24. The Labute approximate surface area is 233 Å². The highest BCUT2D eigenvalue weighted by atomic mass is 16.7. The Morgan fingerprint density at radius 3 is 2.52 bits per heavy atom. The molecule has 1 fully saturated rings. The molecule has 0 radical (unpaired) electrons. The summed E-state index contributed by atoms with van der Waals surface area (Å²) < 4.78 is 27.8. The number of nitrogens with zero attached hydrogens (tertiary/aromatic N) is 1. The van der Waals surface area contributed by atoms with E-state index in [2.05, 4.69) is 0 Å². The minimum Gasteiger partial charge on any atom is -0.497 e. The first kappa shape index (κ1) is 28.2. The zero-order valence-corrected chi connectivity index (χ0v) is 23.4. The molecule has 1 spiro atoms. The zero-order valence-electron chi connectivity index (χ0n) is 23.4. The zero-order chi connectivity index (χ0) is 28.9. The van der Waals surface area contributed by atoms with Gasteiger partial charge in [-0.15, -0.1) is 0 Å². The first-order valence-electron chi connectivity index (χ1n) is 13.6. The predicted molar refractivity (Wildman–Crippen MR) is 139 cm³/mol. The van der Waals surface area contributed by atoms with Crippen molar-refractivity contribution in [2.75, 3.05) is 27.6 Å². The van der Waals surface area contributed by atoms with Crippen LogP contribution in [0.15, 0.2) is 24.0 Å². The number of hydrogen-bond acceptors (Lipinski definition) is 10. The average Bonchev–Trinajstić information content (AvgIpc) is 3.54. The van der Waals surface area contributed by atoms with Gasteiger partial charge in [0.2, 0.25) is 12.7 Å². The van der Waals surface area contributed by atoms with Crippen molar-refractivity contribution in [2.24, 2.45) is 0 Å². The van der Waals surface area contributed by atoms with Crippen LogP contribution in [-0.4, -0.2) is 83.4 Å². The van der Waals surface area contributed by atoms with E-state index in [1.807, 2.05) is 23.1 Å². The van der Waals surface area contributed by atoms with E-state index in [1.165, 1.54) is 14.2 Å². The number of ether oxygens (including phenoxy) is 5. The molecule has 0 unspecified atom stereocenters. The van der Waals surface area contributed by atoms with Gasteiger partial charge in [0.25, 0.3) is 0 Å². The Morgan fingerprint density at radius 2 is 1.85 bits per heavy atom. The summed E-state index contributed by atoms with van der Waals surface area (Å²) >= 11 is 0. The van der Waals surface area contributed by atoms with Gasteiger partial charge in [0.1, 0.15) is 5.76 Å². The van der Waals surface area contributed by atoms with Crippen molar-refractivity contribution < 1.29 is 48.3 Å². The maximum Gasteiger partial charge on any atom is 0.339 e. The second kappa shape index (κ2) is 10.3.